The number of guanidine groups is 1. The lowest BCUT2D eigenvalue weighted by molar-refractivity contribution is -0.124. The van der Waals surface area contributed by atoms with E-state index in [0.29, 0.717) is 25.4 Å². The van der Waals surface area contributed by atoms with Crippen molar-refractivity contribution in [2.24, 2.45) is 4.99 Å². The zero-order valence-electron chi connectivity index (χ0n) is 16.3. The van der Waals surface area contributed by atoms with Crippen LogP contribution in [0.4, 0.5) is 4.79 Å². The van der Waals surface area contributed by atoms with E-state index in [1.807, 2.05) is 12.1 Å². The summed E-state index contributed by atoms with van der Waals surface area (Å²) in [5, 5.41) is 5.75. The number of benzene rings is 1. The number of hydrogen-bond acceptors (Lipinski definition) is 5. The van der Waals surface area contributed by atoms with Crippen LogP contribution in [0.2, 0.25) is 0 Å². The summed E-state index contributed by atoms with van der Waals surface area (Å²) in [5.41, 5.74) is 2.40. The summed E-state index contributed by atoms with van der Waals surface area (Å²) in [5.74, 6) is 1.98. The number of aliphatic imine (C=N–C) groups is 1. The van der Waals surface area contributed by atoms with Gasteiger partial charge in [0.1, 0.15) is 0 Å². The lowest BCUT2D eigenvalue weighted by atomic mass is 9.99. The van der Waals surface area contributed by atoms with Gasteiger partial charge in [0.2, 0.25) is 5.91 Å². The molecular formula is C18H26IN5O4. The van der Waals surface area contributed by atoms with Crippen molar-refractivity contribution in [3.05, 3.63) is 23.3 Å². The number of ether oxygens (including phenoxy) is 2. The molecule has 3 rings (SSSR count). The van der Waals surface area contributed by atoms with Crippen molar-refractivity contribution < 1.29 is 19.1 Å². The van der Waals surface area contributed by atoms with Gasteiger partial charge in [0.25, 0.3) is 0 Å². The fourth-order valence-corrected chi connectivity index (χ4v) is 3.36. The molecule has 1 saturated heterocycles. The maximum absolute atomic E-state index is 11.6. The Morgan fingerprint density at radius 3 is 2.46 bits per heavy atom. The molecule has 1 aromatic rings. The van der Waals surface area contributed by atoms with Gasteiger partial charge in [-0.15, -0.1) is 24.0 Å². The van der Waals surface area contributed by atoms with Crippen LogP contribution in [0.1, 0.15) is 11.1 Å². The molecule has 0 radical (unpaired) electrons. The molecule has 2 aliphatic heterocycles. The Labute approximate surface area is 181 Å². The first-order valence-electron chi connectivity index (χ1n) is 8.85. The van der Waals surface area contributed by atoms with Crippen LogP contribution in [0.3, 0.4) is 0 Å². The van der Waals surface area contributed by atoms with Crippen LogP contribution in [0, 0.1) is 0 Å². The van der Waals surface area contributed by atoms with Crippen LogP contribution in [0.5, 0.6) is 11.5 Å². The Morgan fingerprint density at radius 2 is 1.89 bits per heavy atom. The van der Waals surface area contributed by atoms with E-state index in [9.17, 15) is 9.59 Å². The Morgan fingerprint density at radius 1 is 1.21 bits per heavy atom. The molecule has 28 heavy (non-hydrogen) atoms. The second-order valence-corrected chi connectivity index (χ2v) is 6.33. The number of halogens is 1. The molecule has 3 amide bonds. The highest BCUT2D eigenvalue weighted by molar-refractivity contribution is 14.0. The number of methoxy groups -OCH3 is 2. The highest BCUT2D eigenvalue weighted by Crippen LogP contribution is 2.33. The van der Waals surface area contributed by atoms with Crippen molar-refractivity contribution in [2.45, 2.75) is 13.0 Å². The third kappa shape index (κ3) is 4.59. The predicted molar refractivity (Wildman–Crippen MR) is 116 cm³/mol. The van der Waals surface area contributed by atoms with E-state index in [-0.39, 0.29) is 42.5 Å². The highest BCUT2D eigenvalue weighted by atomic mass is 127. The maximum atomic E-state index is 11.6. The minimum atomic E-state index is -0.343. The molecular weight excluding hydrogens is 477 g/mol. The van der Waals surface area contributed by atoms with E-state index >= 15 is 0 Å². The van der Waals surface area contributed by atoms with E-state index in [2.05, 4.69) is 20.5 Å². The van der Waals surface area contributed by atoms with Crippen molar-refractivity contribution >= 4 is 41.9 Å². The molecule has 2 N–H and O–H groups in total. The number of imide groups is 1. The quantitative estimate of drug-likeness (QED) is 0.267. The summed E-state index contributed by atoms with van der Waals surface area (Å²) in [7, 11) is 4.98. The minimum Gasteiger partial charge on any atom is -0.493 e. The van der Waals surface area contributed by atoms with Crippen LogP contribution >= 0.6 is 24.0 Å². The summed E-state index contributed by atoms with van der Waals surface area (Å²) in [4.78, 5) is 30.9. The first-order valence-corrected chi connectivity index (χ1v) is 8.85. The smallest absolute Gasteiger partial charge is 0.324 e. The van der Waals surface area contributed by atoms with Crippen molar-refractivity contribution in [3.63, 3.8) is 0 Å². The molecule has 0 aromatic heterocycles. The third-order valence-electron chi connectivity index (χ3n) is 4.78. The summed E-state index contributed by atoms with van der Waals surface area (Å²) in [6.07, 6.45) is 0.864. The molecule has 1 aromatic carbocycles. The predicted octanol–water partition coefficient (Wildman–Crippen LogP) is 0.807. The maximum Gasteiger partial charge on any atom is 0.324 e. The molecule has 0 bridgehead atoms. The van der Waals surface area contributed by atoms with Gasteiger partial charge >= 0.3 is 6.03 Å². The van der Waals surface area contributed by atoms with Crippen molar-refractivity contribution in [3.8, 4) is 11.5 Å². The number of nitrogens with zero attached hydrogens (tertiary/aromatic N) is 3. The Kier molecular flexibility index (Phi) is 7.72. The summed E-state index contributed by atoms with van der Waals surface area (Å²) in [6.45, 7) is 2.33. The average molecular weight is 503 g/mol. The summed E-state index contributed by atoms with van der Waals surface area (Å²) >= 11 is 0. The molecule has 0 atom stereocenters. The van der Waals surface area contributed by atoms with Crippen LogP contribution in [-0.4, -0.2) is 75.1 Å². The molecule has 0 spiro atoms. The standard InChI is InChI=1S/C18H25N5O4.HI/c1-19-17(20-5-7-23-16(24)10-21-18(23)25)22-6-4-12-8-14(26-2)15(27-3)9-13(12)11-22;/h8-9H,4-7,10-11H2,1-3H3,(H,19,20)(H,21,25);1H. The lowest BCUT2D eigenvalue weighted by Gasteiger charge is -2.32. The molecule has 2 heterocycles. The first-order chi connectivity index (χ1) is 13.1. The zero-order valence-corrected chi connectivity index (χ0v) is 18.6. The normalized spacial score (nSPS) is 16.3. The van der Waals surface area contributed by atoms with E-state index < -0.39 is 0 Å². The van der Waals surface area contributed by atoms with Gasteiger partial charge in [0.05, 0.1) is 20.8 Å². The number of carbonyl (C=O) groups excluding carboxylic acids is 2. The average Bonchev–Trinajstić information content (AvgIpc) is 3.01. The zero-order chi connectivity index (χ0) is 19.4. The molecule has 0 aliphatic carbocycles. The van der Waals surface area contributed by atoms with Gasteiger partial charge in [-0.05, 0) is 29.7 Å². The number of amides is 3. The van der Waals surface area contributed by atoms with Crippen molar-refractivity contribution in [1.82, 2.24) is 20.4 Å². The van der Waals surface area contributed by atoms with Gasteiger partial charge < -0.3 is 25.0 Å². The largest absolute Gasteiger partial charge is 0.493 e. The van der Waals surface area contributed by atoms with Crippen LogP contribution < -0.4 is 20.1 Å². The first kappa shape index (κ1) is 22.1. The third-order valence-corrected chi connectivity index (χ3v) is 4.78. The second-order valence-electron chi connectivity index (χ2n) is 6.33. The van der Waals surface area contributed by atoms with E-state index in [0.717, 1.165) is 30.2 Å². The van der Waals surface area contributed by atoms with Gasteiger partial charge in [0.15, 0.2) is 17.5 Å². The van der Waals surface area contributed by atoms with Crippen molar-refractivity contribution in [1.29, 1.82) is 0 Å². The number of nitrogens with one attached hydrogen (secondary N) is 2. The molecule has 1 fully saturated rings. The Balaban J connectivity index is 0.00000280. The molecule has 154 valence electrons. The fraction of sp³-hybridized carbons (Fsp3) is 0.500. The molecule has 9 nitrogen and oxygen atoms in total. The number of fused-ring (bicyclic) bond motifs is 1. The number of rotatable bonds is 5. The van der Waals surface area contributed by atoms with Crippen molar-refractivity contribution in [2.75, 3.05) is 47.4 Å². The Bertz CT molecular complexity index is 755. The van der Waals surface area contributed by atoms with Gasteiger partial charge in [-0.3, -0.25) is 14.7 Å². The minimum absolute atomic E-state index is 0. The molecule has 2 aliphatic rings. The molecule has 0 unspecified atom stereocenters. The number of hydrogen-bond donors (Lipinski definition) is 2. The van der Waals surface area contributed by atoms with Gasteiger partial charge in [-0.25, -0.2) is 4.79 Å². The lowest BCUT2D eigenvalue weighted by Crippen LogP contribution is -2.46. The number of carbonyl (C=O) groups is 2. The SMILES string of the molecule is CN=C(NCCN1C(=O)CNC1=O)N1CCc2cc(OC)c(OC)cc2C1.I. The van der Waals surface area contributed by atoms with Crippen LogP contribution in [0.25, 0.3) is 0 Å². The highest BCUT2D eigenvalue weighted by Gasteiger charge is 2.28. The summed E-state index contributed by atoms with van der Waals surface area (Å²) in [6, 6.07) is 3.69. The molecule has 10 heteroatoms. The van der Waals surface area contributed by atoms with E-state index in [4.69, 9.17) is 9.47 Å². The van der Waals surface area contributed by atoms with E-state index in [1.54, 1.807) is 21.3 Å². The molecule has 0 saturated carbocycles. The van der Waals surface area contributed by atoms with Gasteiger partial charge in [-0.1, -0.05) is 0 Å². The van der Waals surface area contributed by atoms with Crippen LogP contribution in [-0.2, 0) is 17.8 Å². The number of urea groups is 1. The fourth-order valence-electron chi connectivity index (χ4n) is 3.36. The van der Waals surface area contributed by atoms with Gasteiger partial charge in [-0.2, -0.15) is 0 Å². The van der Waals surface area contributed by atoms with Crippen LogP contribution in [0.15, 0.2) is 17.1 Å². The monoisotopic (exact) mass is 503 g/mol. The van der Waals surface area contributed by atoms with E-state index in [1.165, 1.54) is 10.5 Å². The topological polar surface area (TPSA) is 95.5 Å². The second kappa shape index (κ2) is 9.80. The van der Waals surface area contributed by atoms with Gasteiger partial charge in [0, 0.05) is 33.2 Å². The Hall–Kier alpha value is -2.24. The summed E-state index contributed by atoms with van der Waals surface area (Å²) < 4.78 is 10.8.